The van der Waals surface area contributed by atoms with E-state index >= 15 is 0 Å². The summed E-state index contributed by atoms with van der Waals surface area (Å²) in [5.74, 6) is 0.764. The Kier molecular flexibility index (Phi) is 5.06. The third kappa shape index (κ3) is 3.47. The van der Waals surface area contributed by atoms with Crippen LogP contribution in [0.4, 0.5) is 11.4 Å². The molecule has 6 nitrogen and oxygen atoms in total. The molecule has 1 saturated heterocycles. The van der Waals surface area contributed by atoms with E-state index in [1.807, 2.05) is 18.7 Å². The van der Waals surface area contributed by atoms with Crippen LogP contribution in [0.25, 0.3) is 0 Å². The molecule has 114 valence electrons. The number of carbonyl (C=O) groups is 1. The van der Waals surface area contributed by atoms with Crippen LogP contribution in [-0.4, -0.2) is 46.4 Å². The van der Waals surface area contributed by atoms with Crippen molar-refractivity contribution >= 4 is 29.0 Å². The molecule has 0 aromatic heterocycles. The number of hydrogen-bond acceptors (Lipinski definition) is 5. The van der Waals surface area contributed by atoms with Gasteiger partial charge in [-0.05, 0) is 13.0 Å². The largest absolute Gasteiger partial charge is 0.379 e. The minimum atomic E-state index is -0.455. The standard InChI is InChI=1S/C14H19N3O3S/c1-3-15-13-11(5-4-6-12(13)17(19)20)14(18)16-7-8-21-10(2)9-16/h4-6,10,15H,3,7-9H2,1-2H3. The number of amides is 1. The zero-order chi connectivity index (χ0) is 15.4. The summed E-state index contributed by atoms with van der Waals surface area (Å²) in [5.41, 5.74) is 0.646. The molecule has 1 atom stereocenters. The van der Waals surface area contributed by atoms with Gasteiger partial charge in [-0.1, -0.05) is 13.0 Å². The van der Waals surface area contributed by atoms with Crippen LogP contribution in [0, 0.1) is 10.1 Å². The van der Waals surface area contributed by atoms with Gasteiger partial charge in [0.1, 0.15) is 5.69 Å². The van der Waals surface area contributed by atoms with E-state index in [4.69, 9.17) is 0 Å². The lowest BCUT2D eigenvalue weighted by atomic mass is 10.1. The summed E-state index contributed by atoms with van der Waals surface area (Å²) in [4.78, 5) is 25.1. The number of rotatable bonds is 4. The van der Waals surface area contributed by atoms with Crippen molar-refractivity contribution in [3.05, 3.63) is 33.9 Å². The van der Waals surface area contributed by atoms with Crippen LogP contribution in [0.3, 0.4) is 0 Å². The van der Waals surface area contributed by atoms with Gasteiger partial charge in [-0.3, -0.25) is 14.9 Å². The average Bonchev–Trinajstić information content (AvgIpc) is 2.47. The van der Waals surface area contributed by atoms with Crippen LogP contribution in [-0.2, 0) is 0 Å². The minimum Gasteiger partial charge on any atom is -0.379 e. The van der Waals surface area contributed by atoms with Crippen molar-refractivity contribution in [1.82, 2.24) is 4.90 Å². The van der Waals surface area contributed by atoms with Crippen LogP contribution in [0.1, 0.15) is 24.2 Å². The summed E-state index contributed by atoms with van der Waals surface area (Å²) in [7, 11) is 0. The molecule has 0 saturated carbocycles. The highest BCUT2D eigenvalue weighted by Crippen LogP contribution is 2.30. The highest BCUT2D eigenvalue weighted by molar-refractivity contribution is 7.99. The molecular formula is C14H19N3O3S. The van der Waals surface area contributed by atoms with E-state index in [9.17, 15) is 14.9 Å². The molecule has 1 heterocycles. The number of thioether (sulfide) groups is 1. The number of anilines is 1. The molecule has 1 aromatic rings. The normalized spacial score (nSPS) is 18.4. The summed E-state index contributed by atoms with van der Waals surface area (Å²) in [6.07, 6.45) is 0. The monoisotopic (exact) mass is 309 g/mol. The molecule has 2 rings (SSSR count). The highest BCUT2D eigenvalue weighted by Gasteiger charge is 2.27. The Morgan fingerprint density at radius 3 is 2.95 bits per heavy atom. The first kappa shape index (κ1) is 15.6. The molecule has 1 unspecified atom stereocenters. The molecule has 0 bridgehead atoms. The lowest BCUT2D eigenvalue weighted by molar-refractivity contribution is -0.384. The maximum atomic E-state index is 12.7. The van der Waals surface area contributed by atoms with Crippen molar-refractivity contribution in [2.24, 2.45) is 0 Å². The Labute approximate surface area is 128 Å². The molecule has 1 amide bonds. The fourth-order valence-electron chi connectivity index (χ4n) is 2.41. The zero-order valence-electron chi connectivity index (χ0n) is 12.2. The number of para-hydroxylation sites is 1. The van der Waals surface area contributed by atoms with Crippen molar-refractivity contribution in [3.63, 3.8) is 0 Å². The molecule has 1 N–H and O–H groups in total. The Morgan fingerprint density at radius 2 is 2.33 bits per heavy atom. The number of hydrogen-bond donors (Lipinski definition) is 1. The molecule has 1 aliphatic heterocycles. The van der Waals surface area contributed by atoms with Crippen LogP contribution < -0.4 is 5.32 Å². The predicted molar refractivity (Wildman–Crippen MR) is 85.1 cm³/mol. The van der Waals surface area contributed by atoms with Gasteiger partial charge in [0.25, 0.3) is 11.6 Å². The van der Waals surface area contributed by atoms with Gasteiger partial charge >= 0.3 is 0 Å². The number of nitrogens with one attached hydrogen (secondary N) is 1. The number of carbonyl (C=O) groups excluding carboxylic acids is 1. The Morgan fingerprint density at radius 1 is 1.57 bits per heavy atom. The number of nitro benzene ring substituents is 1. The van der Waals surface area contributed by atoms with E-state index in [1.54, 1.807) is 17.0 Å². The van der Waals surface area contributed by atoms with Crippen molar-refractivity contribution in [2.45, 2.75) is 19.1 Å². The fraction of sp³-hybridized carbons (Fsp3) is 0.500. The molecular weight excluding hydrogens is 290 g/mol. The number of nitro groups is 1. The summed E-state index contributed by atoms with van der Waals surface area (Å²) >= 11 is 1.84. The van der Waals surface area contributed by atoms with Crippen LogP contribution in [0.15, 0.2) is 18.2 Å². The Bertz CT molecular complexity index is 550. The first-order chi connectivity index (χ1) is 10.0. The van der Waals surface area contributed by atoms with Crippen LogP contribution >= 0.6 is 11.8 Å². The predicted octanol–water partition coefficient (Wildman–Crippen LogP) is 2.60. The molecule has 21 heavy (non-hydrogen) atoms. The van der Waals surface area contributed by atoms with Gasteiger partial charge in [-0.15, -0.1) is 0 Å². The third-order valence-corrected chi connectivity index (χ3v) is 4.49. The van der Waals surface area contributed by atoms with Crippen molar-refractivity contribution in [1.29, 1.82) is 0 Å². The maximum Gasteiger partial charge on any atom is 0.293 e. The lowest BCUT2D eigenvalue weighted by Gasteiger charge is -2.31. The zero-order valence-corrected chi connectivity index (χ0v) is 13.0. The topological polar surface area (TPSA) is 75.5 Å². The molecule has 7 heteroatoms. The molecule has 1 fully saturated rings. The second-order valence-electron chi connectivity index (χ2n) is 4.92. The fourth-order valence-corrected chi connectivity index (χ4v) is 3.42. The van der Waals surface area contributed by atoms with Gasteiger partial charge in [-0.25, -0.2) is 0 Å². The second kappa shape index (κ2) is 6.80. The Balaban J connectivity index is 2.35. The second-order valence-corrected chi connectivity index (χ2v) is 6.47. The van der Waals surface area contributed by atoms with Gasteiger partial charge in [0.2, 0.25) is 0 Å². The first-order valence-electron chi connectivity index (χ1n) is 6.96. The van der Waals surface area contributed by atoms with E-state index in [0.29, 0.717) is 36.1 Å². The Hall–Kier alpha value is -1.76. The van der Waals surface area contributed by atoms with Crippen molar-refractivity contribution in [3.8, 4) is 0 Å². The quantitative estimate of drug-likeness (QED) is 0.683. The smallest absolute Gasteiger partial charge is 0.293 e. The lowest BCUT2D eigenvalue weighted by Crippen LogP contribution is -2.41. The van der Waals surface area contributed by atoms with E-state index in [1.165, 1.54) is 6.07 Å². The van der Waals surface area contributed by atoms with Crippen LogP contribution in [0.5, 0.6) is 0 Å². The van der Waals surface area contributed by atoms with Gasteiger partial charge in [0.15, 0.2) is 0 Å². The van der Waals surface area contributed by atoms with E-state index < -0.39 is 4.92 Å². The van der Waals surface area contributed by atoms with Crippen LogP contribution in [0.2, 0.25) is 0 Å². The van der Waals surface area contributed by atoms with Gasteiger partial charge < -0.3 is 10.2 Å². The first-order valence-corrected chi connectivity index (χ1v) is 8.01. The average molecular weight is 309 g/mol. The SMILES string of the molecule is CCNc1c(C(=O)N2CCSC(C)C2)cccc1[N+](=O)[O-]. The van der Waals surface area contributed by atoms with E-state index in [0.717, 1.165) is 5.75 Å². The number of nitrogens with zero attached hydrogens (tertiary/aromatic N) is 2. The molecule has 0 spiro atoms. The summed E-state index contributed by atoms with van der Waals surface area (Å²) in [5, 5.41) is 14.5. The van der Waals surface area contributed by atoms with Gasteiger partial charge in [0, 0.05) is 36.7 Å². The number of benzene rings is 1. The summed E-state index contributed by atoms with van der Waals surface area (Å²) < 4.78 is 0. The summed E-state index contributed by atoms with van der Waals surface area (Å²) in [6, 6.07) is 4.64. The third-order valence-electron chi connectivity index (χ3n) is 3.35. The van der Waals surface area contributed by atoms with Crippen molar-refractivity contribution < 1.29 is 9.72 Å². The van der Waals surface area contributed by atoms with E-state index in [-0.39, 0.29) is 11.6 Å². The molecule has 0 radical (unpaired) electrons. The van der Waals surface area contributed by atoms with Gasteiger partial charge in [-0.2, -0.15) is 11.8 Å². The minimum absolute atomic E-state index is 0.0536. The summed E-state index contributed by atoms with van der Waals surface area (Å²) in [6.45, 7) is 5.82. The van der Waals surface area contributed by atoms with Crippen molar-refractivity contribution in [2.75, 3.05) is 30.7 Å². The molecule has 1 aliphatic rings. The molecule has 1 aromatic carbocycles. The molecule has 0 aliphatic carbocycles. The van der Waals surface area contributed by atoms with Gasteiger partial charge in [0.05, 0.1) is 10.5 Å². The maximum absolute atomic E-state index is 12.7. The van der Waals surface area contributed by atoms with E-state index in [2.05, 4.69) is 12.2 Å². The highest BCUT2D eigenvalue weighted by atomic mass is 32.2.